The van der Waals surface area contributed by atoms with Crippen LogP contribution < -0.4 is 5.32 Å². The van der Waals surface area contributed by atoms with Gasteiger partial charge < -0.3 is 15.0 Å². The van der Waals surface area contributed by atoms with E-state index in [-0.39, 0.29) is 18.1 Å². The van der Waals surface area contributed by atoms with Crippen molar-refractivity contribution in [1.82, 2.24) is 9.88 Å². The van der Waals surface area contributed by atoms with E-state index in [0.717, 1.165) is 15.6 Å². The number of carbonyl (C=O) groups is 1. The molecule has 2 N–H and O–H groups in total. The number of nitrogens with zero attached hydrogens (tertiary/aromatic N) is 1. The Morgan fingerprint density at radius 1 is 1.15 bits per heavy atom. The highest BCUT2D eigenvalue weighted by Crippen LogP contribution is 2.32. The lowest BCUT2D eigenvalue weighted by molar-refractivity contribution is 0.0685. The highest BCUT2D eigenvalue weighted by molar-refractivity contribution is 7.17. The lowest BCUT2D eigenvalue weighted by Gasteiger charge is -2.09. The third-order valence-corrected chi connectivity index (χ3v) is 5.64. The SMILES string of the molecule is CNCc1c(C(=O)O)n(Cc2csc3ccc(F)cc23)c2ccc(F)cc12. The Bertz CT molecular complexity index is 1180. The molecule has 0 amide bonds. The van der Waals surface area contributed by atoms with Crippen LogP contribution in [-0.4, -0.2) is 22.7 Å². The lowest BCUT2D eigenvalue weighted by atomic mass is 10.1. The molecular formula is C20H16F2N2O2S. The van der Waals surface area contributed by atoms with Crippen LogP contribution in [0.4, 0.5) is 8.78 Å². The fraction of sp³-hybridized carbons (Fsp3) is 0.150. The molecular weight excluding hydrogens is 370 g/mol. The van der Waals surface area contributed by atoms with E-state index in [4.69, 9.17) is 0 Å². The zero-order chi connectivity index (χ0) is 19.1. The van der Waals surface area contributed by atoms with E-state index in [1.54, 1.807) is 23.7 Å². The fourth-order valence-electron chi connectivity index (χ4n) is 3.51. The summed E-state index contributed by atoms with van der Waals surface area (Å²) in [6, 6.07) is 8.85. The quantitative estimate of drug-likeness (QED) is 0.527. The summed E-state index contributed by atoms with van der Waals surface area (Å²) in [5, 5.41) is 16.0. The molecule has 4 aromatic rings. The maximum Gasteiger partial charge on any atom is 0.352 e. The fourth-order valence-corrected chi connectivity index (χ4v) is 4.44. The molecule has 27 heavy (non-hydrogen) atoms. The second-order valence-electron chi connectivity index (χ2n) is 6.31. The maximum absolute atomic E-state index is 13.8. The van der Waals surface area contributed by atoms with E-state index in [2.05, 4.69) is 5.32 Å². The topological polar surface area (TPSA) is 54.3 Å². The zero-order valence-corrected chi connectivity index (χ0v) is 15.2. The second kappa shape index (κ2) is 6.75. The van der Waals surface area contributed by atoms with Gasteiger partial charge in [0.25, 0.3) is 0 Å². The van der Waals surface area contributed by atoms with Gasteiger partial charge in [-0.2, -0.15) is 0 Å². The van der Waals surface area contributed by atoms with Crippen LogP contribution in [0.3, 0.4) is 0 Å². The van der Waals surface area contributed by atoms with Crippen LogP contribution >= 0.6 is 11.3 Å². The molecule has 0 aliphatic rings. The average Bonchev–Trinajstić information content (AvgIpc) is 3.15. The standard InChI is InChI=1S/C20H16F2N2O2S/c1-23-8-16-15-7-12(21)2-4-17(15)24(19(16)20(25)26)9-11-10-27-18-5-3-13(22)6-14(11)18/h2-7,10,23H,8-9H2,1H3,(H,25,26). The van der Waals surface area contributed by atoms with E-state index in [1.165, 1.54) is 35.6 Å². The Morgan fingerprint density at radius 2 is 1.85 bits per heavy atom. The lowest BCUT2D eigenvalue weighted by Crippen LogP contribution is -2.14. The van der Waals surface area contributed by atoms with Gasteiger partial charge in [-0.05, 0) is 54.4 Å². The molecule has 2 heterocycles. The molecule has 0 saturated carbocycles. The van der Waals surface area contributed by atoms with E-state index < -0.39 is 11.8 Å². The monoisotopic (exact) mass is 386 g/mol. The molecule has 2 aromatic carbocycles. The molecule has 0 bridgehead atoms. The van der Waals surface area contributed by atoms with Crippen LogP contribution in [0.25, 0.3) is 21.0 Å². The third-order valence-electron chi connectivity index (χ3n) is 4.63. The van der Waals surface area contributed by atoms with Crippen molar-refractivity contribution >= 4 is 38.3 Å². The molecule has 0 atom stereocenters. The molecule has 0 radical (unpaired) electrons. The van der Waals surface area contributed by atoms with Crippen LogP contribution in [0.15, 0.2) is 41.8 Å². The van der Waals surface area contributed by atoms with Crippen molar-refractivity contribution in [3.05, 3.63) is 70.2 Å². The van der Waals surface area contributed by atoms with Crippen molar-refractivity contribution in [2.24, 2.45) is 0 Å². The Kier molecular flexibility index (Phi) is 4.41. The number of benzene rings is 2. The molecule has 4 rings (SSSR count). The molecule has 0 unspecified atom stereocenters. The van der Waals surface area contributed by atoms with Crippen LogP contribution in [0.2, 0.25) is 0 Å². The molecule has 0 fully saturated rings. The summed E-state index contributed by atoms with van der Waals surface area (Å²) in [4.78, 5) is 12.0. The molecule has 4 nitrogen and oxygen atoms in total. The van der Waals surface area contributed by atoms with Gasteiger partial charge in [0.2, 0.25) is 0 Å². The Hall–Kier alpha value is -2.77. The van der Waals surface area contributed by atoms with E-state index >= 15 is 0 Å². The minimum absolute atomic E-state index is 0.112. The number of hydrogen-bond donors (Lipinski definition) is 2. The first kappa shape index (κ1) is 17.6. The van der Waals surface area contributed by atoms with Gasteiger partial charge in [0, 0.05) is 39.6 Å². The van der Waals surface area contributed by atoms with Crippen molar-refractivity contribution in [3.63, 3.8) is 0 Å². The van der Waals surface area contributed by atoms with Crippen LogP contribution in [0, 0.1) is 11.6 Å². The zero-order valence-electron chi connectivity index (χ0n) is 14.4. The van der Waals surface area contributed by atoms with Gasteiger partial charge in [0.05, 0.1) is 0 Å². The Morgan fingerprint density at radius 3 is 2.56 bits per heavy atom. The number of aromatic nitrogens is 1. The van der Waals surface area contributed by atoms with E-state index in [1.807, 2.05) is 5.38 Å². The first-order valence-corrected chi connectivity index (χ1v) is 9.21. The summed E-state index contributed by atoms with van der Waals surface area (Å²) in [6.45, 7) is 0.560. The number of nitrogens with one attached hydrogen (secondary N) is 1. The number of aromatic carboxylic acids is 1. The smallest absolute Gasteiger partial charge is 0.352 e. The number of halogens is 2. The molecule has 0 aliphatic carbocycles. The van der Waals surface area contributed by atoms with Crippen LogP contribution in [0.1, 0.15) is 21.6 Å². The van der Waals surface area contributed by atoms with Gasteiger partial charge in [-0.25, -0.2) is 13.6 Å². The largest absolute Gasteiger partial charge is 0.477 e. The van der Waals surface area contributed by atoms with Gasteiger partial charge in [0.1, 0.15) is 17.3 Å². The van der Waals surface area contributed by atoms with Crippen LogP contribution in [0.5, 0.6) is 0 Å². The van der Waals surface area contributed by atoms with Crippen molar-refractivity contribution in [2.75, 3.05) is 7.05 Å². The number of hydrogen-bond acceptors (Lipinski definition) is 3. The number of carboxylic acids is 1. The molecule has 2 aromatic heterocycles. The number of fused-ring (bicyclic) bond motifs is 2. The predicted octanol–water partition coefficient (Wildman–Crippen LogP) is 4.60. The predicted molar refractivity (Wildman–Crippen MR) is 103 cm³/mol. The average molecular weight is 386 g/mol. The van der Waals surface area contributed by atoms with E-state index in [9.17, 15) is 18.7 Å². The summed E-state index contributed by atoms with van der Waals surface area (Å²) in [7, 11) is 1.71. The number of thiophene rings is 1. The van der Waals surface area contributed by atoms with Gasteiger partial charge >= 0.3 is 5.97 Å². The second-order valence-corrected chi connectivity index (χ2v) is 7.22. The van der Waals surface area contributed by atoms with Crippen LogP contribution in [-0.2, 0) is 13.1 Å². The molecule has 0 saturated heterocycles. The Balaban J connectivity index is 1.96. The highest BCUT2D eigenvalue weighted by Gasteiger charge is 2.23. The summed E-state index contributed by atoms with van der Waals surface area (Å²) >= 11 is 1.48. The summed E-state index contributed by atoms with van der Waals surface area (Å²) in [6.07, 6.45) is 0. The highest BCUT2D eigenvalue weighted by atomic mass is 32.1. The molecule has 0 aliphatic heterocycles. The minimum atomic E-state index is -1.08. The molecule has 0 spiro atoms. The van der Waals surface area contributed by atoms with E-state index in [0.29, 0.717) is 23.0 Å². The minimum Gasteiger partial charge on any atom is -0.477 e. The maximum atomic E-state index is 13.8. The van der Waals surface area contributed by atoms with Gasteiger partial charge in [-0.1, -0.05) is 0 Å². The summed E-state index contributed by atoms with van der Waals surface area (Å²) < 4.78 is 30.1. The molecule has 138 valence electrons. The van der Waals surface area contributed by atoms with Gasteiger partial charge in [0.15, 0.2) is 0 Å². The van der Waals surface area contributed by atoms with Crippen molar-refractivity contribution < 1.29 is 18.7 Å². The molecule has 7 heteroatoms. The van der Waals surface area contributed by atoms with Crippen molar-refractivity contribution in [2.45, 2.75) is 13.1 Å². The summed E-state index contributed by atoms with van der Waals surface area (Å²) in [5.41, 5.74) is 2.11. The normalized spacial score (nSPS) is 11.5. The third kappa shape index (κ3) is 2.98. The Labute approximate surface area is 157 Å². The number of carboxylic acid groups (broad SMARTS) is 1. The van der Waals surface area contributed by atoms with Gasteiger partial charge in [-0.3, -0.25) is 0 Å². The van der Waals surface area contributed by atoms with Gasteiger partial charge in [-0.15, -0.1) is 11.3 Å². The van der Waals surface area contributed by atoms with Crippen molar-refractivity contribution in [3.8, 4) is 0 Å². The van der Waals surface area contributed by atoms with Crippen molar-refractivity contribution in [1.29, 1.82) is 0 Å². The first-order valence-electron chi connectivity index (χ1n) is 8.33. The summed E-state index contributed by atoms with van der Waals surface area (Å²) in [5.74, 6) is -1.84. The first-order chi connectivity index (χ1) is 13.0. The number of rotatable bonds is 5.